The van der Waals surface area contributed by atoms with Gasteiger partial charge in [-0.1, -0.05) is 30.7 Å². The van der Waals surface area contributed by atoms with Gasteiger partial charge in [-0.15, -0.1) is 0 Å². The van der Waals surface area contributed by atoms with E-state index in [1.165, 1.54) is 0 Å². The number of aromatic nitrogens is 1. The van der Waals surface area contributed by atoms with Crippen LogP contribution in [0.4, 0.5) is 0 Å². The lowest BCUT2D eigenvalue weighted by molar-refractivity contribution is 0.103. The lowest BCUT2D eigenvalue weighted by Gasteiger charge is -2.06. The number of hydrogen-bond donors (Lipinski definition) is 0. The van der Waals surface area contributed by atoms with Crippen molar-refractivity contribution >= 4 is 17.4 Å². The smallest absolute Gasteiger partial charge is 0.193 e. The summed E-state index contributed by atoms with van der Waals surface area (Å²) in [6.07, 6.45) is 4.16. The van der Waals surface area contributed by atoms with Crippen LogP contribution < -0.4 is 0 Å². The molecule has 0 fully saturated rings. The fraction of sp³-hybridized carbons (Fsp3) is 0.143. The van der Waals surface area contributed by atoms with Gasteiger partial charge in [0.1, 0.15) is 0 Å². The van der Waals surface area contributed by atoms with Gasteiger partial charge in [0.2, 0.25) is 0 Å². The first kappa shape index (κ1) is 11.8. The fourth-order valence-corrected chi connectivity index (χ4v) is 1.91. The van der Waals surface area contributed by atoms with Crippen LogP contribution in [0.2, 0.25) is 5.02 Å². The number of benzene rings is 1. The van der Waals surface area contributed by atoms with Gasteiger partial charge in [0.15, 0.2) is 5.78 Å². The first-order valence-corrected chi connectivity index (χ1v) is 5.83. The highest BCUT2D eigenvalue weighted by atomic mass is 35.5. The molecule has 2 nitrogen and oxygen atoms in total. The van der Waals surface area contributed by atoms with Gasteiger partial charge in [-0.2, -0.15) is 0 Å². The van der Waals surface area contributed by atoms with E-state index in [0.29, 0.717) is 16.1 Å². The maximum absolute atomic E-state index is 12.3. The summed E-state index contributed by atoms with van der Waals surface area (Å²) in [6.45, 7) is 2.01. The Labute approximate surface area is 105 Å². The minimum atomic E-state index is -0.00764. The van der Waals surface area contributed by atoms with Gasteiger partial charge >= 0.3 is 0 Å². The molecule has 0 aliphatic heterocycles. The topological polar surface area (TPSA) is 30.0 Å². The largest absolute Gasteiger partial charge is 0.289 e. The third-order valence-corrected chi connectivity index (χ3v) is 2.85. The van der Waals surface area contributed by atoms with Crippen molar-refractivity contribution in [3.63, 3.8) is 0 Å². The summed E-state index contributed by atoms with van der Waals surface area (Å²) in [4.78, 5) is 16.3. The third kappa shape index (κ3) is 2.53. The van der Waals surface area contributed by atoms with Gasteiger partial charge in [-0.25, -0.2) is 0 Å². The first-order chi connectivity index (χ1) is 8.22. The van der Waals surface area contributed by atoms with Crippen LogP contribution in [0, 0.1) is 0 Å². The standard InChI is InChI=1S/C14H12ClNO/c1-2-10-9-16-7-6-13(10)14(17)11-4-3-5-12(15)8-11/h3-9H,2H2,1H3. The van der Waals surface area contributed by atoms with Gasteiger partial charge < -0.3 is 0 Å². The molecule has 0 radical (unpaired) electrons. The molecule has 86 valence electrons. The number of hydrogen-bond acceptors (Lipinski definition) is 2. The monoisotopic (exact) mass is 245 g/mol. The summed E-state index contributed by atoms with van der Waals surface area (Å²) < 4.78 is 0. The Kier molecular flexibility index (Phi) is 3.55. The Morgan fingerprint density at radius 2 is 2.18 bits per heavy atom. The highest BCUT2D eigenvalue weighted by Gasteiger charge is 2.12. The molecule has 1 aromatic carbocycles. The molecule has 1 aromatic heterocycles. The Bertz CT molecular complexity index is 551. The molecule has 0 saturated carbocycles. The van der Waals surface area contributed by atoms with Gasteiger partial charge in [-0.3, -0.25) is 9.78 Å². The SMILES string of the molecule is CCc1cnccc1C(=O)c1cccc(Cl)c1. The van der Waals surface area contributed by atoms with Gasteiger partial charge in [0.25, 0.3) is 0 Å². The number of nitrogens with zero attached hydrogens (tertiary/aromatic N) is 1. The lowest BCUT2D eigenvalue weighted by Crippen LogP contribution is -2.05. The normalized spacial score (nSPS) is 10.2. The Morgan fingerprint density at radius 1 is 1.35 bits per heavy atom. The molecule has 0 bridgehead atoms. The maximum Gasteiger partial charge on any atom is 0.193 e. The van der Waals surface area contributed by atoms with Gasteiger partial charge in [-0.05, 0) is 30.2 Å². The third-order valence-electron chi connectivity index (χ3n) is 2.62. The van der Waals surface area contributed by atoms with Gasteiger partial charge in [0, 0.05) is 28.5 Å². The minimum absolute atomic E-state index is 0.00764. The van der Waals surface area contributed by atoms with Gasteiger partial charge in [0.05, 0.1) is 0 Å². The van der Waals surface area contributed by atoms with Crippen molar-refractivity contribution in [1.82, 2.24) is 4.98 Å². The maximum atomic E-state index is 12.3. The lowest BCUT2D eigenvalue weighted by atomic mass is 9.99. The second-order valence-electron chi connectivity index (χ2n) is 3.73. The van der Waals surface area contributed by atoms with E-state index < -0.39 is 0 Å². The average molecular weight is 246 g/mol. The Hall–Kier alpha value is -1.67. The number of carbonyl (C=O) groups excluding carboxylic acids is 1. The van der Waals surface area contributed by atoms with Crippen molar-refractivity contribution in [2.24, 2.45) is 0 Å². The van der Waals surface area contributed by atoms with Crippen LogP contribution in [0.25, 0.3) is 0 Å². The molecule has 0 N–H and O–H groups in total. The predicted octanol–water partition coefficient (Wildman–Crippen LogP) is 3.53. The predicted molar refractivity (Wildman–Crippen MR) is 68.5 cm³/mol. The van der Waals surface area contributed by atoms with Crippen molar-refractivity contribution in [3.8, 4) is 0 Å². The number of rotatable bonds is 3. The molecule has 2 rings (SSSR count). The number of ketones is 1. The molecular formula is C14H12ClNO. The molecule has 3 heteroatoms. The number of pyridine rings is 1. The fourth-order valence-electron chi connectivity index (χ4n) is 1.72. The van der Waals surface area contributed by atoms with Crippen LogP contribution >= 0.6 is 11.6 Å². The van der Waals surface area contributed by atoms with Crippen LogP contribution in [0.3, 0.4) is 0 Å². The van der Waals surface area contributed by atoms with Crippen LogP contribution in [0.1, 0.15) is 28.4 Å². The quantitative estimate of drug-likeness (QED) is 0.775. The van der Waals surface area contributed by atoms with Crippen molar-refractivity contribution < 1.29 is 4.79 Å². The van der Waals surface area contributed by atoms with Crippen molar-refractivity contribution in [1.29, 1.82) is 0 Å². The first-order valence-electron chi connectivity index (χ1n) is 5.45. The summed E-state index contributed by atoms with van der Waals surface area (Å²) in [5, 5.41) is 0.572. The molecule has 0 amide bonds. The molecule has 17 heavy (non-hydrogen) atoms. The molecule has 0 saturated heterocycles. The summed E-state index contributed by atoms with van der Waals surface area (Å²) in [5.74, 6) is -0.00764. The van der Waals surface area contributed by atoms with Crippen LogP contribution in [-0.2, 0) is 6.42 Å². The molecule has 0 unspecified atom stereocenters. The Morgan fingerprint density at radius 3 is 2.88 bits per heavy atom. The number of halogens is 1. The van der Waals surface area contributed by atoms with E-state index in [9.17, 15) is 4.79 Å². The van der Waals surface area contributed by atoms with E-state index in [4.69, 9.17) is 11.6 Å². The molecule has 0 aliphatic carbocycles. The highest BCUT2D eigenvalue weighted by Crippen LogP contribution is 2.17. The number of carbonyl (C=O) groups is 1. The van der Waals surface area contributed by atoms with E-state index in [1.807, 2.05) is 6.92 Å². The molecular weight excluding hydrogens is 234 g/mol. The van der Waals surface area contributed by atoms with E-state index >= 15 is 0 Å². The summed E-state index contributed by atoms with van der Waals surface area (Å²) in [6, 6.07) is 8.74. The van der Waals surface area contributed by atoms with E-state index in [2.05, 4.69) is 4.98 Å². The van der Waals surface area contributed by atoms with Crippen molar-refractivity contribution in [2.75, 3.05) is 0 Å². The van der Waals surface area contributed by atoms with Crippen LogP contribution in [0.5, 0.6) is 0 Å². The molecule has 0 atom stereocenters. The van der Waals surface area contributed by atoms with E-state index in [0.717, 1.165) is 12.0 Å². The highest BCUT2D eigenvalue weighted by molar-refractivity contribution is 6.31. The second-order valence-corrected chi connectivity index (χ2v) is 4.16. The Balaban J connectivity index is 2.44. The van der Waals surface area contributed by atoms with E-state index in [-0.39, 0.29) is 5.78 Å². The average Bonchev–Trinajstić information content (AvgIpc) is 2.38. The minimum Gasteiger partial charge on any atom is -0.289 e. The zero-order chi connectivity index (χ0) is 12.3. The second kappa shape index (κ2) is 5.11. The molecule has 1 heterocycles. The van der Waals surface area contributed by atoms with Crippen LogP contribution in [0.15, 0.2) is 42.7 Å². The molecule has 0 aliphatic rings. The summed E-state index contributed by atoms with van der Waals surface area (Å²) in [5.41, 5.74) is 2.26. The molecule has 2 aromatic rings. The zero-order valence-corrected chi connectivity index (χ0v) is 10.2. The van der Waals surface area contributed by atoms with Crippen molar-refractivity contribution in [3.05, 3.63) is 64.4 Å². The summed E-state index contributed by atoms with van der Waals surface area (Å²) in [7, 11) is 0. The van der Waals surface area contributed by atoms with Crippen LogP contribution in [-0.4, -0.2) is 10.8 Å². The summed E-state index contributed by atoms with van der Waals surface area (Å²) >= 11 is 5.89. The zero-order valence-electron chi connectivity index (χ0n) is 9.48. The van der Waals surface area contributed by atoms with E-state index in [1.54, 1.807) is 42.7 Å². The van der Waals surface area contributed by atoms with Crippen molar-refractivity contribution in [2.45, 2.75) is 13.3 Å². The number of aryl methyl sites for hydroxylation is 1. The molecule has 0 spiro atoms.